The molecule has 2 aromatic rings. The third-order valence-electron chi connectivity index (χ3n) is 2.47. The number of aromatic amines is 1. The molecule has 0 aliphatic carbocycles. The number of aryl methyl sites for hydroxylation is 1. The first-order chi connectivity index (χ1) is 7.72. The van der Waals surface area contributed by atoms with Crippen molar-refractivity contribution >= 4 is 22.6 Å². The number of rotatable bonds is 4. The van der Waals surface area contributed by atoms with Crippen molar-refractivity contribution < 1.29 is 4.74 Å². The highest BCUT2D eigenvalue weighted by molar-refractivity contribution is 6.31. The van der Waals surface area contributed by atoms with Crippen LogP contribution in [0.25, 0.3) is 11.0 Å². The highest BCUT2D eigenvalue weighted by atomic mass is 35.5. The van der Waals surface area contributed by atoms with E-state index in [-0.39, 0.29) is 5.69 Å². The van der Waals surface area contributed by atoms with Crippen LogP contribution in [0.3, 0.4) is 0 Å². The van der Waals surface area contributed by atoms with Crippen molar-refractivity contribution in [1.82, 2.24) is 9.55 Å². The number of aromatic nitrogens is 2. The maximum atomic E-state index is 11.7. The summed E-state index contributed by atoms with van der Waals surface area (Å²) >= 11 is 5.91. The van der Waals surface area contributed by atoms with Gasteiger partial charge in [0.1, 0.15) is 0 Å². The van der Waals surface area contributed by atoms with Crippen LogP contribution >= 0.6 is 11.6 Å². The molecule has 0 amide bonds. The van der Waals surface area contributed by atoms with Gasteiger partial charge < -0.3 is 9.72 Å². The molecule has 2 rings (SSSR count). The molecular weight excluding hydrogens is 228 g/mol. The van der Waals surface area contributed by atoms with Gasteiger partial charge in [0.15, 0.2) is 0 Å². The Bertz CT molecular complexity index is 544. The van der Waals surface area contributed by atoms with Gasteiger partial charge in [-0.15, -0.1) is 0 Å². The summed E-state index contributed by atoms with van der Waals surface area (Å²) in [6.07, 6.45) is 0.801. The second-order valence-electron chi connectivity index (χ2n) is 3.59. The van der Waals surface area contributed by atoms with Gasteiger partial charge in [0.25, 0.3) is 0 Å². The third kappa shape index (κ3) is 2.13. The number of methoxy groups -OCH3 is 1. The fourth-order valence-electron chi connectivity index (χ4n) is 1.71. The highest BCUT2D eigenvalue weighted by Crippen LogP contribution is 2.16. The van der Waals surface area contributed by atoms with Crippen molar-refractivity contribution in [3.8, 4) is 0 Å². The number of halogens is 1. The van der Waals surface area contributed by atoms with Gasteiger partial charge in [0.05, 0.1) is 11.0 Å². The second-order valence-corrected chi connectivity index (χ2v) is 4.03. The summed E-state index contributed by atoms with van der Waals surface area (Å²) in [5.74, 6) is 0. The summed E-state index contributed by atoms with van der Waals surface area (Å²) in [7, 11) is 1.65. The summed E-state index contributed by atoms with van der Waals surface area (Å²) in [6.45, 7) is 1.27. The molecule has 1 aromatic heterocycles. The molecule has 0 aliphatic rings. The van der Waals surface area contributed by atoms with Crippen LogP contribution in [0.1, 0.15) is 6.42 Å². The van der Waals surface area contributed by atoms with Gasteiger partial charge in [-0.2, -0.15) is 0 Å². The summed E-state index contributed by atoms with van der Waals surface area (Å²) in [6, 6.07) is 5.37. The van der Waals surface area contributed by atoms with Crippen molar-refractivity contribution in [2.24, 2.45) is 0 Å². The van der Waals surface area contributed by atoms with Crippen LogP contribution in [0.4, 0.5) is 0 Å². The van der Waals surface area contributed by atoms with Crippen LogP contribution in [0, 0.1) is 0 Å². The van der Waals surface area contributed by atoms with E-state index in [1.807, 2.05) is 6.07 Å². The first-order valence-corrected chi connectivity index (χ1v) is 5.47. The standard InChI is InChI=1S/C11H13ClN2O2/c1-16-6-2-5-14-10-7-8(12)3-4-9(10)13-11(14)15/h3-4,7H,2,5-6H2,1H3,(H,13,15). The minimum atomic E-state index is -0.103. The van der Waals surface area contributed by atoms with Crippen molar-refractivity contribution in [3.63, 3.8) is 0 Å². The van der Waals surface area contributed by atoms with Crippen LogP contribution < -0.4 is 5.69 Å². The van der Waals surface area contributed by atoms with Crippen LogP contribution in [0.5, 0.6) is 0 Å². The molecular formula is C11H13ClN2O2. The molecule has 1 N–H and O–H groups in total. The van der Waals surface area contributed by atoms with E-state index in [1.165, 1.54) is 0 Å². The van der Waals surface area contributed by atoms with Crippen LogP contribution in [-0.2, 0) is 11.3 Å². The summed E-state index contributed by atoms with van der Waals surface area (Å²) < 4.78 is 6.64. The molecule has 0 saturated carbocycles. The van der Waals surface area contributed by atoms with E-state index in [1.54, 1.807) is 23.8 Å². The molecule has 0 fully saturated rings. The number of ether oxygens (including phenoxy) is 1. The Balaban J connectivity index is 2.38. The van der Waals surface area contributed by atoms with Gasteiger partial charge in [0, 0.05) is 25.3 Å². The lowest BCUT2D eigenvalue weighted by Crippen LogP contribution is -2.17. The molecule has 0 unspecified atom stereocenters. The Kier molecular flexibility index (Phi) is 3.31. The predicted molar refractivity (Wildman–Crippen MR) is 64.1 cm³/mol. The Hall–Kier alpha value is -1.26. The van der Waals surface area contributed by atoms with Crippen LogP contribution in [-0.4, -0.2) is 23.3 Å². The van der Waals surface area contributed by atoms with Crippen molar-refractivity contribution in [1.29, 1.82) is 0 Å². The van der Waals surface area contributed by atoms with Gasteiger partial charge in [-0.05, 0) is 24.6 Å². The third-order valence-corrected chi connectivity index (χ3v) is 2.70. The quantitative estimate of drug-likeness (QED) is 0.832. The maximum Gasteiger partial charge on any atom is 0.326 e. The van der Waals surface area contributed by atoms with Crippen LogP contribution in [0.15, 0.2) is 23.0 Å². The average molecular weight is 241 g/mol. The molecule has 0 spiro atoms. The minimum absolute atomic E-state index is 0.103. The monoisotopic (exact) mass is 240 g/mol. The predicted octanol–water partition coefficient (Wildman–Crippen LogP) is 2.02. The number of hydrogen-bond acceptors (Lipinski definition) is 2. The Labute approximate surface area is 97.8 Å². The number of imidazole rings is 1. The fraction of sp³-hybridized carbons (Fsp3) is 0.364. The molecule has 1 aromatic carbocycles. The van der Waals surface area contributed by atoms with Gasteiger partial charge in [-0.25, -0.2) is 4.79 Å². The number of nitrogens with zero attached hydrogens (tertiary/aromatic N) is 1. The summed E-state index contributed by atoms with van der Waals surface area (Å²) in [5, 5.41) is 0.631. The van der Waals surface area contributed by atoms with Crippen molar-refractivity contribution in [2.75, 3.05) is 13.7 Å². The molecule has 5 heteroatoms. The molecule has 0 saturated heterocycles. The molecule has 16 heavy (non-hydrogen) atoms. The molecule has 4 nitrogen and oxygen atoms in total. The van der Waals surface area contributed by atoms with Crippen molar-refractivity contribution in [2.45, 2.75) is 13.0 Å². The number of benzene rings is 1. The number of H-pyrrole nitrogens is 1. The van der Waals surface area contributed by atoms with Gasteiger partial charge in [0.2, 0.25) is 0 Å². The van der Waals surface area contributed by atoms with Gasteiger partial charge in [-0.1, -0.05) is 11.6 Å². The Morgan fingerprint density at radius 1 is 1.50 bits per heavy atom. The zero-order chi connectivity index (χ0) is 11.5. The summed E-state index contributed by atoms with van der Waals surface area (Å²) in [5.41, 5.74) is 1.55. The number of nitrogens with one attached hydrogen (secondary N) is 1. The second kappa shape index (κ2) is 4.72. The lowest BCUT2D eigenvalue weighted by Gasteiger charge is -2.02. The lowest BCUT2D eigenvalue weighted by atomic mass is 10.3. The topological polar surface area (TPSA) is 47.0 Å². The van der Waals surface area contributed by atoms with Crippen LogP contribution in [0.2, 0.25) is 5.02 Å². The lowest BCUT2D eigenvalue weighted by molar-refractivity contribution is 0.190. The van der Waals surface area contributed by atoms with E-state index >= 15 is 0 Å². The molecule has 1 heterocycles. The zero-order valence-corrected chi connectivity index (χ0v) is 9.75. The molecule has 0 bridgehead atoms. The molecule has 0 radical (unpaired) electrons. The molecule has 86 valence electrons. The zero-order valence-electron chi connectivity index (χ0n) is 9.00. The van der Waals surface area contributed by atoms with E-state index in [9.17, 15) is 4.79 Å². The van der Waals surface area contributed by atoms with E-state index in [4.69, 9.17) is 16.3 Å². The number of fused-ring (bicyclic) bond motifs is 1. The SMILES string of the molecule is COCCCn1c(=O)[nH]c2ccc(Cl)cc21. The smallest absolute Gasteiger partial charge is 0.326 e. The maximum absolute atomic E-state index is 11.7. The van der Waals surface area contributed by atoms with Gasteiger partial charge in [-0.3, -0.25) is 4.57 Å². The van der Waals surface area contributed by atoms with Crippen molar-refractivity contribution in [3.05, 3.63) is 33.7 Å². The Morgan fingerprint density at radius 2 is 2.31 bits per heavy atom. The van der Waals surface area contributed by atoms with Gasteiger partial charge >= 0.3 is 5.69 Å². The Morgan fingerprint density at radius 3 is 3.06 bits per heavy atom. The van der Waals surface area contributed by atoms with E-state index in [0.717, 1.165) is 17.5 Å². The van der Waals surface area contributed by atoms with E-state index in [0.29, 0.717) is 18.2 Å². The highest BCUT2D eigenvalue weighted by Gasteiger charge is 2.06. The first kappa shape index (κ1) is 11.2. The first-order valence-electron chi connectivity index (χ1n) is 5.09. The molecule has 0 atom stereocenters. The minimum Gasteiger partial charge on any atom is -0.385 e. The average Bonchev–Trinajstić information content (AvgIpc) is 2.56. The largest absolute Gasteiger partial charge is 0.385 e. The fourth-order valence-corrected chi connectivity index (χ4v) is 1.88. The number of hydrogen-bond donors (Lipinski definition) is 1. The normalized spacial score (nSPS) is 11.1. The van der Waals surface area contributed by atoms with E-state index in [2.05, 4.69) is 4.98 Å². The molecule has 0 aliphatic heterocycles. The van der Waals surface area contributed by atoms with E-state index < -0.39 is 0 Å². The summed E-state index contributed by atoms with van der Waals surface area (Å²) in [4.78, 5) is 14.5.